The number of carbonyl (C=O) groups excluding carboxylic acids is 1. The van der Waals surface area contributed by atoms with E-state index in [1.165, 1.54) is 18.7 Å². The average Bonchev–Trinajstić information content (AvgIpc) is 2.75. The fraction of sp³-hybridized carbons (Fsp3) is 0.111. The second kappa shape index (κ2) is 4.58. The van der Waals surface area contributed by atoms with Crippen molar-refractivity contribution in [2.45, 2.75) is 6.92 Å². The van der Waals surface area contributed by atoms with Crippen LogP contribution in [0, 0.1) is 6.92 Å². The molecule has 88 valence electrons. The molecule has 0 spiro atoms. The van der Waals surface area contributed by atoms with Gasteiger partial charge in [-0.1, -0.05) is 0 Å². The van der Waals surface area contributed by atoms with Gasteiger partial charge in [-0.15, -0.1) is 0 Å². The average molecular weight is 234 g/mol. The molecule has 0 fully saturated rings. The summed E-state index contributed by atoms with van der Waals surface area (Å²) in [5.41, 5.74) is 3.08. The lowest BCUT2D eigenvalue weighted by Gasteiger charge is -2.02. The van der Waals surface area contributed by atoms with E-state index in [1.807, 2.05) is 0 Å². The standard InChI is InChI=1S/C9H10N6O2/c1-5-4-17-9(12-5)14-8(16)6-2-11-3-7(13-6)15-10/h2-4H,10H2,1H3,(H,13,15)(H,12,14,16). The molecule has 17 heavy (non-hydrogen) atoms. The fourth-order valence-electron chi connectivity index (χ4n) is 1.12. The minimum Gasteiger partial charge on any atom is -0.432 e. The van der Waals surface area contributed by atoms with Crippen molar-refractivity contribution >= 4 is 17.7 Å². The van der Waals surface area contributed by atoms with Crippen molar-refractivity contribution < 1.29 is 9.21 Å². The van der Waals surface area contributed by atoms with E-state index in [9.17, 15) is 4.79 Å². The molecule has 1 amide bonds. The number of hydrazine groups is 1. The third kappa shape index (κ3) is 2.55. The van der Waals surface area contributed by atoms with Crippen molar-refractivity contribution in [3.05, 3.63) is 30.0 Å². The predicted octanol–water partition coefficient (Wildman–Crippen LogP) is 0.311. The summed E-state index contributed by atoms with van der Waals surface area (Å²) in [6, 6.07) is 0.111. The van der Waals surface area contributed by atoms with Gasteiger partial charge < -0.3 is 9.84 Å². The van der Waals surface area contributed by atoms with E-state index >= 15 is 0 Å². The summed E-state index contributed by atoms with van der Waals surface area (Å²) < 4.78 is 4.98. The first-order valence-electron chi connectivity index (χ1n) is 4.71. The number of nitrogens with zero attached hydrogens (tertiary/aromatic N) is 3. The summed E-state index contributed by atoms with van der Waals surface area (Å²) in [6.45, 7) is 1.75. The smallest absolute Gasteiger partial charge is 0.301 e. The molecule has 0 atom stereocenters. The van der Waals surface area contributed by atoms with Crippen LogP contribution in [0.1, 0.15) is 16.2 Å². The molecule has 0 aliphatic carbocycles. The van der Waals surface area contributed by atoms with Crippen molar-refractivity contribution in [3.63, 3.8) is 0 Å². The number of anilines is 2. The second-order valence-corrected chi connectivity index (χ2v) is 3.18. The van der Waals surface area contributed by atoms with Crippen LogP contribution in [0.5, 0.6) is 0 Å². The topological polar surface area (TPSA) is 119 Å². The summed E-state index contributed by atoms with van der Waals surface area (Å²) in [5.74, 6) is 4.98. The summed E-state index contributed by atoms with van der Waals surface area (Å²) in [6.07, 6.45) is 4.14. The van der Waals surface area contributed by atoms with Gasteiger partial charge in [0, 0.05) is 0 Å². The Morgan fingerprint density at radius 3 is 2.88 bits per heavy atom. The summed E-state index contributed by atoms with van der Waals surface area (Å²) >= 11 is 0. The number of nitrogens with one attached hydrogen (secondary N) is 2. The molecule has 0 aromatic carbocycles. The minimum absolute atomic E-state index is 0.108. The van der Waals surface area contributed by atoms with Gasteiger partial charge in [-0.25, -0.2) is 10.8 Å². The molecule has 0 saturated carbocycles. The molecule has 2 rings (SSSR count). The molecule has 0 saturated heterocycles. The van der Waals surface area contributed by atoms with Gasteiger partial charge in [-0.2, -0.15) is 4.98 Å². The van der Waals surface area contributed by atoms with Gasteiger partial charge in [-0.05, 0) is 6.92 Å². The Labute approximate surface area is 96.2 Å². The maximum Gasteiger partial charge on any atom is 0.301 e. The van der Waals surface area contributed by atoms with Crippen molar-refractivity contribution in [2.75, 3.05) is 10.7 Å². The Balaban J connectivity index is 2.14. The van der Waals surface area contributed by atoms with Crippen LogP contribution < -0.4 is 16.6 Å². The van der Waals surface area contributed by atoms with E-state index < -0.39 is 5.91 Å². The Morgan fingerprint density at radius 1 is 1.41 bits per heavy atom. The lowest BCUT2D eigenvalue weighted by atomic mass is 10.4. The summed E-state index contributed by atoms with van der Waals surface area (Å²) in [7, 11) is 0. The maximum atomic E-state index is 11.7. The van der Waals surface area contributed by atoms with Crippen LogP contribution in [-0.4, -0.2) is 20.9 Å². The SMILES string of the molecule is Cc1coc(NC(=O)c2cncc(NN)n2)n1. The molecule has 2 heterocycles. The first-order valence-corrected chi connectivity index (χ1v) is 4.71. The molecule has 2 aromatic heterocycles. The van der Waals surface area contributed by atoms with Gasteiger partial charge in [0.15, 0.2) is 5.82 Å². The molecule has 2 aromatic rings. The zero-order valence-electron chi connectivity index (χ0n) is 8.97. The minimum atomic E-state index is -0.476. The normalized spacial score (nSPS) is 10.0. The fourth-order valence-corrected chi connectivity index (χ4v) is 1.12. The summed E-state index contributed by atoms with van der Waals surface area (Å²) in [5, 5.41) is 2.44. The predicted molar refractivity (Wildman–Crippen MR) is 59.0 cm³/mol. The number of hydrogen-bond donors (Lipinski definition) is 3. The Bertz CT molecular complexity index is 538. The van der Waals surface area contributed by atoms with E-state index in [0.29, 0.717) is 11.5 Å². The number of aryl methyl sites for hydroxylation is 1. The van der Waals surface area contributed by atoms with E-state index in [2.05, 4.69) is 25.7 Å². The number of oxazole rings is 1. The number of nitrogen functional groups attached to an aromatic ring is 1. The molecule has 0 bridgehead atoms. The molecule has 0 unspecified atom stereocenters. The van der Waals surface area contributed by atoms with E-state index in [0.717, 1.165) is 0 Å². The largest absolute Gasteiger partial charge is 0.432 e. The highest BCUT2D eigenvalue weighted by atomic mass is 16.4. The van der Waals surface area contributed by atoms with Gasteiger partial charge in [-0.3, -0.25) is 15.1 Å². The molecule has 0 aliphatic rings. The van der Waals surface area contributed by atoms with Crippen LogP contribution in [0.25, 0.3) is 0 Å². The van der Waals surface area contributed by atoms with E-state index in [1.54, 1.807) is 6.92 Å². The van der Waals surface area contributed by atoms with Crippen LogP contribution in [0.2, 0.25) is 0 Å². The number of hydrogen-bond acceptors (Lipinski definition) is 7. The lowest BCUT2D eigenvalue weighted by Crippen LogP contribution is -2.16. The second-order valence-electron chi connectivity index (χ2n) is 3.18. The highest BCUT2D eigenvalue weighted by molar-refractivity contribution is 6.01. The van der Waals surface area contributed by atoms with Crippen molar-refractivity contribution in [1.29, 1.82) is 0 Å². The van der Waals surface area contributed by atoms with Crippen LogP contribution in [0.15, 0.2) is 23.1 Å². The molecule has 8 heteroatoms. The van der Waals surface area contributed by atoms with E-state index in [4.69, 9.17) is 10.3 Å². The van der Waals surface area contributed by atoms with Crippen molar-refractivity contribution in [3.8, 4) is 0 Å². The third-order valence-electron chi connectivity index (χ3n) is 1.85. The zero-order chi connectivity index (χ0) is 12.3. The number of nitrogens with two attached hydrogens (primary N) is 1. The Hall–Kier alpha value is -2.48. The van der Waals surface area contributed by atoms with Gasteiger partial charge in [0.1, 0.15) is 12.0 Å². The number of aromatic nitrogens is 3. The van der Waals surface area contributed by atoms with Crippen molar-refractivity contribution in [2.24, 2.45) is 5.84 Å². The van der Waals surface area contributed by atoms with Crippen molar-refractivity contribution in [1.82, 2.24) is 15.0 Å². The molecular formula is C9H10N6O2. The van der Waals surface area contributed by atoms with E-state index in [-0.39, 0.29) is 11.7 Å². The highest BCUT2D eigenvalue weighted by Gasteiger charge is 2.11. The van der Waals surface area contributed by atoms with Gasteiger partial charge in [0.2, 0.25) is 0 Å². The molecule has 0 aliphatic heterocycles. The monoisotopic (exact) mass is 234 g/mol. The zero-order valence-corrected chi connectivity index (χ0v) is 8.97. The number of carbonyl (C=O) groups is 1. The summed E-state index contributed by atoms with van der Waals surface area (Å²) in [4.78, 5) is 23.4. The Morgan fingerprint density at radius 2 is 2.24 bits per heavy atom. The number of amides is 1. The quantitative estimate of drug-likeness (QED) is 0.516. The number of rotatable bonds is 3. The molecule has 0 radical (unpaired) electrons. The van der Waals surface area contributed by atoms with Crippen LogP contribution >= 0.6 is 0 Å². The molecule has 4 N–H and O–H groups in total. The van der Waals surface area contributed by atoms with Gasteiger partial charge >= 0.3 is 6.01 Å². The molecular weight excluding hydrogens is 224 g/mol. The Kier molecular flexibility index (Phi) is 2.97. The van der Waals surface area contributed by atoms with Gasteiger partial charge in [0.05, 0.1) is 18.1 Å². The molecule has 8 nitrogen and oxygen atoms in total. The van der Waals surface area contributed by atoms with Crippen LogP contribution in [0.3, 0.4) is 0 Å². The highest BCUT2D eigenvalue weighted by Crippen LogP contribution is 2.08. The van der Waals surface area contributed by atoms with Gasteiger partial charge in [0.25, 0.3) is 5.91 Å². The first-order chi connectivity index (χ1) is 8.19. The van der Waals surface area contributed by atoms with Crippen LogP contribution in [-0.2, 0) is 0 Å². The lowest BCUT2D eigenvalue weighted by molar-refractivity contribution is 0.101. The maximum absolute atomic E-state index is 11.7. The third-order valence-corrected chi connectivity index (χ3v) is 1.85. The first kappa shape index (κ1) is 11.0. The van der Waals surface area contributed by atoms with Crippen LogP contribution in [0.4, 0.5) is 11.8 Å².